The average Bonchev–Trinajstić information content (AvgIpc) is 2.67. The fraction of sp³-hybridized carbons (Fsp3) is 0.250. The van der Waals surface area contributed by atoms with Gasteiger partial charge in [0, 0.05) is 6.54 Å². The van der Waals surface area contributed by atoms with Crippen LogP contribution in [0.4, 0.5) is 0 Å². The molecule has 2 rings (SSSR count). The van der Waals surface area contributed by atoms with Crippen LogP contribution < -0.4 is 5.69 Å². The molecule has 2 aromatic rings. The van der Waals surface area contributed by atoms with Crippen molar-refractivity contribution in [3.05, 3.63) is 46.1 Å². The molecule has 6 nitrogen and oxygen atoms in total. The maximum atomic E-state index is 12.0. The maximum absolute atomic E-state index is 12.0. The van der Waals surface area contributed by atoms with Crippen molar-refractivity contribution in [2.75, 3.05) is 0 Å². The number of nitrogens with zero attached hydrogens (tertiary/aromatic N) is 3. The van der Waals surface area contributed by atoms with Gasteiger partial charge in [-0.3, -0.25) is 4.57 Å². The molecule has 1 aromatic carbocycles. The van der Waals surface area contributed by atoms with Crippen LogP contribution in [0.2, 0.25) is 0 Å². The number of carboxylic acids is 1. The molecule has 1 N–H and O–H groups in total. The molecule has 1 aromatic heterocycles. The summed E-state index contributed by atoms with van der Waals surface area (Å²) in [6.07, 6.45) is 0. The molecule has 0 aliphatic rings. The Morgan fingerprint density at radius 1 is 1.33 bits per heavy atom. The van der Waals surface area contributed by atoms with Crippen LogP contribution in [-0.2, 0) is 6.54 Å². The van der Waals surface area contributed by atoms with Crippen LogP contribution in [0.1, 0.15) is 23.1 Å². The van der Waals surface area contributed by atoms with E-state index in [1.165, 1.54) is 0 Å². The Kier molecular flexibility index (Phi) is 3.01. The molecule has 0 saturated carbocycles. The summed E-state index contributed by atoms with van der Waals surface area (Å²) < 4.78 is 2.23. The fourth-order valence-electron chi connectivity index (χ4n) is 1.69. The second-order valence-corrected chi connectivity index (χ2v) is 3.90. The standard InChI is InChI=1S/C12H13N3O3/c1-3-14-10(11(16)17)13-15(12(14)18)9-6-4-8(2)5-7-9/h4-7H,3H2,1-2H3,(H,16,17). The summed E-state index contributed by atoms with van der Waals surface area (Å²) in [6, 6.07) is 7.14. The molecule has 18 heavy (non-hydrogen) atoms. The molecule has 0 aliphatic heterocycles. The van der Waals surface area contributed by atoms with E-state index >= 15 is 0 Å². The lowest BCUT2D eigenvalue weighted by Crippen LogP contribution is -2.24. The molecule has 6 heteroatoms. The van der Waals surface area contributed by atoms with Crippen LogP contribution in [0, 0.1) is 6.92 Å². The van der Waals surface area contributed by atoms with Gasteiger partial charge in [0.05, 0.1) is 5.69 Å². The third-order valence-corrected chi connectivity index (χ3v) is 2.65. The van der Waals surface area contributed by atoms with Crippen LogP contribution in [-0.4, -0.2) is 25.4 Å². The number of hydrogen-bond donors (Lipinski definition) is 1. The minimum absolute atomic E-state index is 0.247. The Hall–Kier alpha value is -2.37. The van der Waals surface area contributed by atoms with E-state index < -0.39 is 11.7 Å². The zero-order chi connectivity index (χ0) is 13.3. The number of rotatable bonds is 3. The van der Waals surface area contributed by atoms with Gasteiger partial charge in [-0.05, 0) is 26.0 Å². The highest BCUT2D eigenvalue weighted by Gasteiger charge is 2.18. The Morgan fingerprint density at radius 3 is 2.39 bits per heavy atom. The van der Waals surface area contributed by atoms with E-state index in [1.807, 2.05) is 19.1 Å². The first-order valence-electron chi connectivity index (χ1n) is 5.54. The molecule has 0 unspecified atom stereocenters. The lowest BCUT2D eigenvalue weighted by molar-refractivity contribution is 0.0677. The monoisotopic (exact) mass is 247 g/mol. The van der Waals surface area contributed by atoms with Gasteiger partial charge in [-0.2, -0.15) is 4.68 Å². The molecular weight excluding hydrogens is 234 g/mol. The van der Waals surface area contributed by atoms with Gasteiger partial charge in [0.25, 0.3) is 0 Å². The van der Waals surface area contributed by atoms with Crippen LogP contribution in [0.5, 0.6) is 0 Å². The van der Waals surface area contributed by atoms with Crippen LogP contribution in [0.3, 0.4) is 0 Å². The van der Waals surface area contributed by atoms with Crippen molar-refractivity contribution in [3.63, 3.8) is 0 Å². The third-order valence-electron chi connectivity index (χ3n) is 2.65. The summed E-state index contributed by atoms with van der Waals surface area (Å²) in [6.45, 7) is 3.90. The smallest absolute Gasteiger partial charge is 0.374 e. The second kappa shape index (κ2) is 4.48. The van der Waals surface area contributed by atoms with Gasteiger partial charge in [0.2, 0.25) is 5.82 Å². The highest BCUT2D eigenvalue weighted by Crippen LogP contribution is 2.07. The van der Waals surface area contributed by atoms with Gasteiger partial charge in [0.1, 0.15) is 0 Å². The molecule has 0 fully saturated rings. The average molecular weight is 247 g/mol. The molecule has 0 spiro atoms. The first kappa shape index (κ1) is 12.1. The predicted molar refractivity (Wildman–Crippen MR) is 65.2 cm³/mol. The Bertz CT molecular complexity index is 638. The van der Waals surface area contributed by atoms with E-state index in [2.05, 4.69) is 5.10 Å². The van der Waals surface area contributed by atoms with Crippen molar-refractivity contribution >= 4 is 5.97 Å². The molecule has 0 saturated heterocycles. The van der Waals surface area contributed by atoms with Crippen LogP contribution >= 0.6 is 0 Å². The molecule has 0 aliphatic carbocycles. The number of carboxylic acid groups (broad SMARTS) is 1. The number of carbonyl (C=O) groups is 1. The fourth-order valence-corrected chi connectivity index (χ4v) is 1.69. The summed E-state index contributed by atoms with van der Waals surface area (Å²) in [4.78, 5) is 23.0. The van der Waals surface area contributed by atoms with Gasteiger partial charge < -0.3 is 5.11 Å². The largest absolute Gasteiger partial charge is 0.475 e. The van der Waals surface area contributed by atoms with Gasteiger partial charge in [-0.1, -0.05) is 17.7 Å². The third kappa shape index (κ3) is 1.92. The van der Waals surface area contributed by atoms with E-state index in [1.54, 1.807) is 19.1 Å². The minimum Gasteiger partial charge on any atom is -0.475 e. The van der Waals surface area contributed by atoms with Gasteiger partial charge >= 0.3 is 11.7 Å². The van der Waals surface area contributed by atoms with E-state index in [4.69, 9.17) is 5.11 Å². The van der Waals surface area contributed by atoms with Crippen molar-refractivity contribution < 1.29 is 9.90 Å². The van der Waals surface area contributed by atoms with E-state index in [-0.39, 0.29) is 12.4 Å². The van der Waals surface area contributed by atoms with E-state index in [0.717, 1.165) is 14.8 Å². The van der Waals surface area contributed by atoms with Crippen molar-refractivity contribution in [2.24, 2.45) is 0 Å². The maximum Gasteiger partial charge on any atom is 0.374 e. The number of benzene rings is 1. The molecule has 0 bridgehead atoms. The van der Waals surface area contributed by atoms with Crippen molar-refractivity contribution in [1.82, 2.24) is 14.3 Å². The molecule has 94 valence electrons. The topological polar surface area (TPSA) is 77.1 Å². The Balaban J connectivity index is 2.62. The Labute approximate surface area is 103 Å². The molecule has 0 amide bonds. The lowest BCUT2D eigenvalue weighted by Gasteiger charge is -1.99. The minimum atomic E-state index is -1.21. The summed E-state index contributed by atoms with van der Waals surface area (Å²) in [5.74, 6) is -1.46. The van der Waals surface area contributed by atoms with Gasteiger partial charge in [0.15, 0.2) is 0 Å². The second-order valence-electron chi connectivity index (χ2n) is 3.90. The number of aromatic nitrogens is 3. The van der Waals surface area contributed by atoms with Crippen LogP contribution in [0.25, 0.3) is 5.69 Å². The molecular formula is C12H13N3O3. The highest BCUT2D eigenvalue weighted by atomic mass is 16.4. The number of aromatic carboxylic acids is 1. The predicted octanol–water partition coefficient (Wildman–Crippen LogP) is 1.06. The Morgan fingerprint density at radius 2 is 1.94 bits per heavy atom. The van der Waals surface area contributed by atoms with Crippen molar-refractivity contribution in [1.29, 1.82) is 0 Å². The SMILES string of the molecule is CCn1c(C(=O)O)nn(-c2ccc(C)cc2)c1=O. The van der Waals surface area contributed by atoms with Gasteiger partial charge in [-0.15, -0.1) is 5.10 Å². The molecule has 0 atom stereocenters. The summed E-state index contributed by atoms with van der Waals surface area (Å²) in [7, 11) is 0. The van der Waals surface area contributed by atoms with Gasteiger partial charge in [-0.25, -0.2) is 9.59 Å². The van der Waals surface area contributed by atoms with Crippen molar-refractivity contribution in [2.45, 2.75) is 20.4 Å². The first-order valence-corrected chi connectivity index (χ1v) is 5.54. The lowest BCUT2D eigenvalue weighted by atomic mass is 10.2. The highest BCUT2D eigenvalue weighted by molar-refractivity contribution is 5.83. The summed E-state index contributed by atoms with van der Waals surface area (Å²) in [5.41, 5.74) is 1.17. The van der Waals surface area contributed by atoms with E-state index in [0.29, 0.717) is 5.69 Å². The van der Waals surface area contributed by atoms with Crippen molar-refractivity contribution in [3.8, 4) is 5.69 Å². The van der Waals surface area contributed by atoms with Crippen LogP contribution in [0.15, 0.2) is 29.1 Å². The first-order chi connectivity index (χ1) is 8.54. The van der Waals surface area contributed by atoms with E-state index in [9.17, 15) is 9.59 Å². The summed E-state index contributed by atoms with van der Waals surface area (Å²) in [5, 5.41) is 12.8. The number of hydrogen-bond acceptors (Lipinski definition) is 3. The molecule has 1 heterocycles. The normalized spacial score (nSPS) is 10.6. The zero-order valence-electron chi connectivity index (χ0n) is 10.1. The quantitative estimate of drug-likeness (QED) is 0.879. The zero-order valence-corrected chi connectivity index (χ0v) is 10.1. The summed E-state index contributed by atoms with van der Waals surface area (Å²) >= 11 is 0. The molecule has 0 radical (unpaired) electrons. The number of aryl methyl sites for hydroxylation is 1.